The van der Waals surface area contributed by atoms with Crippen LogP contribution in [0.15, 0.2) is 29.3 Å². The molecule has 1 heterocycles. The first-order valence-electron chi connectivity index (χ1n) is 6.98. The first-order valence-corrected chi connectivity index (χ1v) is 7.35. The number of aromatic nitrogens is 1. The van der Waals surface area contributed by atoms with Gasteiger partial charge in [0.1, 0.15) is 11.5 Å². The average molecular weight is 368 g/mol. The molecule has 2 rings (SSSR count). The van der Waals surface area contributed by atoms with Gasteiger partial charge in [-0.3, -0.25) is 4.79 Å². The van der Waals surface area contributed by atoms with Crippen molar-refractivity contribution in [3.63, 3.8) is 0 Å². The Morgan fingerprint density at radius 3 is 2.76 bits per heavy atom. The van der Waals surface area contributed by atoms with Crippen LogP contribution in [0.3, 0.4) is 0 Å². The van der Waals surface area contributed by atoms with E-state index in [1.165, 1.54) is 6.07 Å². The van der Waals surface area contributed by atoms with Gasteiger partial charge in [-0.25, -0.2) is 4.79 Å². The number of anilines is 1. The standard InChI is InChI=1S/C15H14ClN3O6/c1-3-11(22)18-12-13(7-5-8(16)10(21)6-9(7)20)25-19-14(12)24-15(23)17-4-2/h3,5-6,20-21H,1,4H2,2H3,(H,17,23)(H,18,22). The molecular weight excluding hydrogens is 354 g/mol. The Balaban J connectivity index is 2.52. The van der Waals surface area contributed by atoms with Crippen molar-refractivity contribution >= 4 is 29.3 Å². The van der Waals surface area contributed by atoms with Crippen molar-refractivity contribution in [2.45, 2.75) is 6.92 Å². The van der Waals surface area contributed by atoms with Gasteiger partial charge >= 0.3 is 6.09 Å². The van der Waals surface area contributed by atoms with Gasteiger partial charge in [0.25, 0.3) is 5.88 Å². The number of rotatable bonds is 5. The van der Waals surface area contributed by atoms with Crippen LogP contribution in [0, 0.1) is 0 Å². The Kier molecular flexibility index (Phi) is 5.50. The molecule has 10 heteroatoms. The molecule has 0 saturated carbocycles. The molecule has 0 saturated heterocycles. The van der Waals surface area contributed by atoms with Crippen molar-refractivity contribution in [1.29, 1.82) is 0 Å². The van der Waals surface area contributed by atoms with Crippen molar-refractivity contribution in [2.24, 2.45) is 0 Å². The number of phenolic OH excluding ortho intramolecular Hbond substituents is 2. The summed E-state index contributed by atoms with van der Waals surface area (Å²) in [4.78, 5) is 23.2. The molecule has 0 aliphatic carbocycles. The van der Waals surface area contributed by atoms with Gasteiger partial charge in [-0.05, 0) is 24.2 Å². The molecule has 2 amide bonds. The molecule has 9 nitrogen and oxygen atoms in total. The maximum absolute atomic E-state index is 11.6. The van der Waals surface area contributed by atoms with Crippen LogP contribution >= 0.6 is 11.6 Å². The Labute approximate surface area is 146 Å². The van der Waals surface area contributed by atoms with Gasteiger partial charge in [-0.2, -0.15) is 0 Å². The highest BCUT2D eigenvalue weighted by molar-refractivity contribution is 6.32. The topological polar surface area (TPSA) is 134 Å². The van der Waals surface area contributed by atoms with E-state index in [0.29, 0.717) is 6.54 Å². The fraction of sp³-hybridized carbons (Fsp3) is 0.133. The Morgan fingerprint density at radius 1 is 1.40 bits per heavy atom. The number of carbonyl (C=O) groups excluding carboxylic acids is 2. The van der Waals surface area contributed by atoms with E-state index in [2.05, 4.69) is 22.4 Å². The van der Waals surface area contributed by atoms with Crippen molar-refractivity contribution in [3.8, 4) is 28.7 Å². The van der Waals surface area contributed by atoms with Crippen molar-refractivity contribution in [3.05, 3.63) is 29.8 Å². The van der Waals surface area contributed by atoms with Crippen molar-refractivity contribution in [2.75, 3.05) is 11.9 Å². The highest BCUT2D eigenvalue weighted by Crippen LogP contribution is 2.43. The molecule has 2 aromatic rings. The van der Waals surface area contributed by atoms with Crippen LogP contribution in [0.5, 0.6) is 17.4 Å². The predicted molar refractivity (Wildman–Crippen MR) is 88.8 cm³/mol. The van der Waals surface area contributed by atoms with Crippen LogP contribution < -0.4 is 15.4 Å². The zero-order valence-electron chi connectivity index (χ0n) is 13.0. The molecule has 0 fully saturated rings. The summed E-state index contributed by atoms with van der Waals surface area (Å²) in [5.41, 5.74) is -0.103. The number of ether oxygens (including phenoxy) is 1. The summed E-state index contributed by atoms with van der Waals surface area (Å²) in [5.74, 6) is -1.84. The average Bonchev–Trinajstić information content (AvgIpc) is 2.93. The van der Waals surface area contributed by atoms with Crippen LogP contribution in [0.1, 0.15) is 6.92 Å². The second-order valence-electron chi connectivity index (χ2n) is 4.63. The first kappa shape index (κ1) is 18.1. The van der Waals surface area contributed by atoms with Crippen LogP contribution in [-0.2, 0) is 4.79 Å². The molecule has 0 spiro atoms. The zero-order chi connectivity index (χ0) is 18.6. The van der Waals surface area contributed by atoms with Gasteiger partial charge < -0.3 is 30.1 Å². The summed E-state index contributed by atoms with van der Waals surface area (Å²) in [6.45, 7) is 5.32. The van der Waals surface area contributed by atoms with Crippen LogP contribution in [0.4, 0.5) is 10.5 Å². The SMILES string of the molecule is C=CC(=O)Nc1c(OC(=O)NCC)noc1-c1cc(Cl)c(O)cc1O. The molecule has 0 radical (unpaired) electrons. The van der Waals surface area contributed by atoms with E-state index in [1.54, 1.807) is 6.92 Å². The summed E-state index contributed by atoms with van der Waals surface area (Å²) in [7, 11) is 0. The van der Waals surface area contributed by atoms with E-state index < -0.39 is 17.7 Å². The summed E-state index contributed by atoms with van der Waals surface area (Å²) < 4.78 is 10.0. The third-order valence-corrected chi connectivity index (χ3v) is 3.22. The number of amides is 2. The number of hydrogen-bond acceptors (Lipinski definition) is 7. The zero-order valence-corrected chi connectivity index (χ0v) is 13.8. The monoisotopic (exact) mass is 367 g/mol. The van der Waals surface area contributed by atoms with E-state index in [0.717, 1.165) is 12.1 Å². The number of carbonyl (C=O) groups is 2. The molecule has 4 N–H and O–H groups in total. The second kappa shape index (κ2) is 7.58. The molecule has 0 unspecified atom stereocenters. The summed E-state index contributed by atoms with van der Waals surface area (Å²) in [6.07, 6.45) is 0.167. The van der Waals surface area contributed by atoms with Crippen molar-refractivity contribution < 1.29 is 29.1 Å². The molecule has 25 heavy (non-hydrogen) atoms. The Hall–Kier alpha value is -3.20. The maximum atomic E-state index is 11.6. The van der Waals surface area contributed by atoms with Crippen molar-refractivity contribution in [1.82, 2.24) is 10.5 Å². The van der Waals surface area contributed by atoms with E-state index >= 15 is 0 Å². The molecule has 0 atom stereocenters. The number of hydrogen-bond donors (Lipinski definition) is 4. The minimum Gasteiger partial charge on any atom is -0.507 e. The minimum absolute atomic E-state index is 0.0143. The van der Waals surface area contributed by atoms with Crippen LogP contribution in [0.2, 0.25) is 5.02 Å². The first-order chi connectivity index (χ1) is 11.9. The predicted octanol–water partition coefficient (Wildman–Crippen LogP) is 2.64. The molecule has 0 aliphatic rings. The fourth-order valence-corrected chi connectivity index (χ4v) is 1.98. The lowest BCUT2D eigenvalue weighted by Crippen LogP contribution is -2.26. The van der Waals surface area contributed by atoms with Gasteiger partial charge in [-0.1, -0.05) is 18.2 Å². The van der Waals surface area contributed by atoms with Gasteiger partial charge in [0.15, 0.2) is 11.4 Å². The van der Waals surface area contributed by atoms with Gasteiger partial charge in [-0.15, -0.1) is 0 Å². The van der Waals surface area contributed by atoms with E-state index in [9.17, 15) is 19.8 Å². The van der Waals surface area contributed by atoms with E-state index in [1.807, 2.05) is 0 Å². The Bertz CT molecular complexity index is 833. The number of aromatic hydroxyl groups is 2. The van der Waals surface area contributed by atoms with E-state index in [-0.39, 0.29) is 33.7 Å². The fourth-order valence-electron chi connectivity index (χ4n) is 1.81. The number of phenols is 2. The molecular formula is C15H14ClN3O6. The quantitative estimate of drug-likeness (QED) is 0.597. The van der Waals surface area contributed by atoms with Crippen LogP contribution in [-0.4, -0.2) is 33.9 Å². The number of nitrogens with zero attached hydrogens (tertiary/aromatic N) is 1. The number of benzene rings is 1. The van der Waals surface area contributed by atoms with E-state index in [4.69, 9.17) is 20.9 Å². The third kappa shape index (κ3) is 4.01. The number of nitrogens with one attached hydrogen (secondary N) is 2. The molecule has 132 valence electrons. The second-order valence-corrected chi connectivity index (χ2v) is 5.03. The summed E-state index contributed by atoms with van der Waals surface area (Å²) >= 11 is 5.83. The van der Waals surface area contributed by atoms with Gasteiger partial charge in [0.05, 0.1) is 10.6 Å². The van der Waals surface area contributed by atoms with Crippen LogP contribution in [0.25, 0.3) is 11.3 Å². The lowest BCUT2D eigenvalue weighted by molar-refractivity contribution is -0.111. The maximum Gasteiger partial charge on any atom is 0.414 e. The lowest BCUT2D eigenvalue weighted by Gasteiger charge is -2.08. The molecule has 0 bridgehead atoms. The smallest absolute Gasteiger partial charge is 0.414 e. The van der Waals surface area contributed by atoms with Gasteiger partial charge in [0, 0.05) is 12.6 Å². The summed E-state index contributed by atoms with van der Waals surface area (Å²) in [5, 5.41) is 27.8. The third-order valence-electron chi connectivity index (χ3n) is 2.91. The largest absolute Gasteiger partial charge is 0.507 e. The molecule has 1 aromatic heterocycles. The summed E-state index contributed by atoms with van der Waals surface area (Å²) in [6, 6.07) is 2.19. The van der Waals surface area contributed by atoms with Gasteiger partial charge in [0.2, 0.25) is 5.91 Å². The highest BCUT2D eigenvalue weighted by Gasteiger charge is 2.25. The minimum atomic E-state index is -0.815. The highest BCUT2D eigenvalue weighted by atomic mass is 35.5. The molecule has 0 aliphatic heterocycles. The lowest BCUT2D eigenvalue weighted by atomic mass is 10.1. The number of halogens is 1. The molecule has 1 aromatic carbocycles. The Morgan fingerprint density at radius 2 is 2.12 bits per heavy atom. The normalized spacial score (nSPS) is 10.2.